The first-order chi connectivity index (χ1) is 38.4. The lowest BCUT2D eigenvalue weighted by molar-refractivity contribution is 0.0592. The predicted molar refractivity (Wildman–Crippen MR) is 361 cm³/mol. The van der Waals surface area contributed by atoms with Gasteiger partial charge in [-0.2, -0.15) is 0 Å². The molecule has 4 heterocycles. The Balaban J connectivity index is 0.000000249. The molecule has 0 N–H and O–H groups in total. The van der Waals surface area contributed by atoms with E-state index < -0.39 is 8.07 Å². The number of esters is 2. The standard InChI is InChI=1S/C28H37Br2N3O3Si.C24H26Br3N3O2.C6H15N.C2H4Br2/c1-6-14-32-22-17-20(28(34)35-2)12-13-21(22)23(19-10-8-7-9-11-19)24(32)27-31-25(29)26(30)33(27)18-36-15-16-37(3,4)5;1-3-12-29-18-14-16(24(31)32-2)9-10-17(18)19(15-7-5-4-6-8-15)20(29)23-28-21(26)22(27)30(23)13-11-25;1-4-7(5-2)6-3;3-1-2-4/h6,12-13,17,19H,1,7-11,14-16,18H2,2-5H3;3,9-10,14-15H,1,4-8,11-13H2,2H3;4-6H2,1-3H3;1-2H2. The largest absolute Gasteiger partial charge is 0.465 e. The maximum Gasteiger partial charge on any atom is 0.337 e. The Labute approximate surface area is 535 Å². The van der Waals surface area contributed by atoms with Gasteiger partial charge in [0.2, 0.25) is 0 Å². The molecule has 0 spiro atoms. The van der Waals surface area contributed by atoms with Crippen molar-refractivity contribution in [2.24, 2.45) is 0 Å². The Morgan fingerprint density at radius 3 is 1.40 bits per heavy atom. The molecule has 4 aromatic heterocycles. The number of rotatable bonds is 21. The number of ether oxygens (including phenoxy) is 3. The lowest BCUT2D eigenvalue weighted by atomic mass is 9.82. The Bertz CT molecular complexity index is 2970. The molecule has 0 atom stereocenters. The molecule has 0 bridgehead atoms. The van der Waals surface area contributed by atoms with Gasteiger partial charge in [-0.3, -0.25) is 4.57 Å². The first-order valence-electron chi connectivity index (χ1n) is 28.0. The van der Waals surface area contributed by atoms with Crippen molar-refractivity contribution in [1.82, 2.24) is 33.1 Å². The number of methoxy groups -OCH3 is 2. The summed E-state index contributed by atoms with van der Waals surface area (Å²) >= 11 is 24.7. The molecule has 12 nitrogen and oxygen atoms in total. The zero-order chi connectivity index (χ0) is 58.7. The van der Waals surface area contributed by atoms with Gasteiger partial charge in [-0.1, -0.05) is 151 Å². The number of allylic oxidation sites excluding steroid dienone is 2. The first kappa shape index (κ1) is 68.6. The molecule has 0 radical (unpaired) electrons. The van der Waals surface area contributed by atoms with Crippen molar-refractivity contribution >= 4 is 153 Å². The van der Waals surface area contributed by atoms with Gasteiger partial charge in [0.05, 0.1) is 47.8 Å². The zero-order valence-electron chi connectivity index (χ0n) is 48.1. The second-order valence-corrected chi connectivity index (χ2v) is 32.1. The van der Waals surface area contributed by atoms with Gasteiger partial charge in [-0.25, -0.2) is 19.6 Å². The van der Waals surface area contributed by atoms with E-state index in [2.05, 4.69) is 200 Å². The van der Waals surface area contributed by atoms with E-state index in [1.165, 1.54) is 102 Å². The van der Waals surface area contributed by atoms with E-state index in [9.17, 15) is 9.59 Å². The summed E-state index contributed by atoms with van der Waals surface area (Å²) in [5.41, 5.74) is 7.93. The fourth-order valence-electron chi connectivity index (χ4n) is 10.8. The lowest BCUT2D eigenvalue weighted by Crippen LogP contribution is -2.22. The number of alkyl halides is 3. The number of imidazole rings is 2. The minimum atomic E-state index is -1.20. The normalized spacial score (nSPS) is 14.1. The van der Waals surface area contributed by atoms with Crippen LogP contribution >= 0.6 is 112 Å². The quantitative estimate of drug-likeness (QED) is 0.0230. The number of carbonyl (C=O) groups is 2. The van der Waals surface area contributed by atoms with Gasteiger partial charge in [-0.05, 0) is 162 Å². The minimum absolute atomic E-state index is 0.328. The summed E-state index contributed by atoms with van der Waals surface area (Å²) in [5, 5.41) is 5.26. The second kappa shape index (κ2) is 34.1. The molecule has 0 saturated heterocycles. The van der Waals surface area contributed by atoms with Crippen LogP contribution in [0.5, 0.6) is 0 Å². The Hall–Kier alpha value is -2.14. The first-order valence-corrected chi connectivity index (χ1v) is 38.2. The summed E-state index contributed by atoms with van der Waals surface area (Å²) < 4.78 is 28.3. The number of halogens is 7. The molecule has 0 unspecified atom stereocenters. The van der Waals surface area contributed by atoms with Crippen LogP contribution in [0.25, 0.3) is 44.8 Å². The molecule has 2 fully saturated rings. The van der Waals surface area contributed by atoms with E-state index in [0.717, 1.165) is 106 Å². The molecule has 2 saturated carbocycles. The molecule has 0 aliphatic heterocycles. The predicted octanol–water partition coefficient (Wildman–Crippen LogP) is 18.9. The zero-order valence-corrected chi connectivity index (χ0v) is 60.2. The van der Waals surface area contributed by atoms with Crippen LogP contribution < -0.4 is 0 Å². The SMILES string of the molecule is BrCCBr.C=CCn1c(-c2nc(Br)c(Br)n2CCBr)c(C2CCCCC2)c2ccc(C(=O)OC)cc21.C=CCn1c(-c2nc(Br)c(Br)n2COCC[Si](C)(C)C)c(C2CCCCC2)c2ccc(C(=O)OC)cc21.CCN(CC)CC. The highest BCUT2D eigenvalue weighted by Crippen LogP contribution is 2.47. The van der Waals surface area contributed by atoms with Crippen molar-refractivity contribution in [3.8, 4) is 23.0 Å². The molecule has 20 heteroatoms. The number of benzene rings is 2. The summed E-state index contributed by atoms with van der Waals surface area (Å²) in [4.78, 5) is 37.0. The van der Waals surface area contributed by atoms with E-state index in [-0.39, 0.29) is 11.9 Å². The smallest absolute Gasteiger partial charge is 0.337 e. The van der Waals surface area contributed by atoms with Gasteiger partial charge in [0, 0.05) is 61.1 Å². The van der Waals surface area contributed by atoms with Gasteiger partial charge in [0.1, 0.15) is 25.1 Å². The third-order valence-electron chi connectivity index (χ3n) is 14.8. The average molecular weight is 1570 g/mol. The highest BCUT2D eigenvalue weighted by atomic mass is 79.9. The maximum absolute atomic E-state index is 12.4. The molecule has 2 aliphatic rings. The van der Waals surface area contributed by atoms with Crippen molar-refractivity contribution in [1.29, 1.82) is 0 Å². The van der Waals surface area contributed by atoms with Crippen LogP contribution in [0.3, 0.4) is 0 Å². The average Bonchev–Trinajstić information content (AvgIpc) is 4.28. The molecule has 80 heavy (non-hydrogen) atoms. The van der Waals surface area contributed by atoms with Gasteiger partial charge in [0.25, 0.3) is 0 Å². The number of fused-ring (bicyclic) bond motifs is 2. The Kier molecular flexibility index (Phi) is 29.3. The third-order valence-corrected chi connectivity index (χ3v) is 22.5. The van der Waals surface area contributed by atoms with Crippen molar-refractivity contribution < 1.29 is 23.8 Å². The topological polar surface area (TPSA) is 111 Å². The summed E-state index contributed by atoms with van der Waals surface area (Å²) in [6, 6.07) is 12.9. The van der Waals surface area contributed by atoms with Gasteiger partial charge < -0.3 is 32.8 Å². The van der Waals surface area contributed by atoms with E-state index in [1.54, 1.807) is 0 Å². The molecule has 6 aromatic rings. The summed E-state index contributed by atoms with van der Waals surface area (Å²) in [6.07, 6.45) is 15.9. The fourth-order valence-corrected chi connectivity index (χ4v) is 13.4. The van der Waals surface area contributed by atoms with Gasteiger partial charge >= 0.3 is 11.9 Å². The molecule has 8 rings (SSSR count). The number of aromatic nitrogens is 6. The molecular weight excluding hydrogens is 1490 g/mol. The Morgan fingerprint density at radius 2 is 1.05 bits per heavy atom. The highest BCUT2D eigenvalue weighted by molar-refractivity contribution is 9.13. The van der Waals surface area contributed by atoms with Crippen molar-refractivity contribution in [3.05, 3.63) is 102 Å². The van der Waals surface area contributed by atoms with Gasteiger partial charge in [-0.15, -0.1) is 13.2 Å². The van der Waals surface area contributed by atoms with E-state index >= 15 is 0 Å². The van der Waals surface area contributed by atoms with Crippen LogP contribution in [0.1, 0.15) is 129 Å². The number of nitrogens with zero attached hydrogens (tertiary/aromatic N) is 7. The minimum Gasteiger partial charge on any atom is -0.465 e. The monoisotopic (exact) mass is 1560 g/mol. The van der Waals surface area contributed by atoms with E-state index in [1.807, 2.05) is 36.4 Å². The van der Waals surface area contributed by atoms with E-state index in [4.69, 9.17) is 24.2 Å². The molecular formula is C60H82Br7N7O5Si. The van der Waals surface area contributed by atoms with E-state index in [0.29, 0.717) is 42.8 Å². The highest BCUT2D eigenvalue weighted by Gasteiger charge is 2.32. The Morgan fingerprint density at radius 1 is 0.637 bits per heavy atom. The van der Waals surface area contributed by atoms with Crippen molar-refractivity contribution in [2.45, 2.75) is 149 Å². The summed E-state index contributed by atoms with van der Waals surface area (Å²) in [5.74, 6) is 1.99. The summed E-state index contributed by atoms with van der Waals surface area (Å²) in [6.45, 7) is 28.4. The third kappa shape index (κ3) is 17.5. The molecule has 440 valence electrons. The number of carbonyl (C=O) groups excluding carboxylic acids is 2. The van der Waals surface area contributed by atoms with Crippen molar-refractivity contribution in [2.75, 3.05) is 56.5 Å². The summed E-state index contributed by atoms with van der Waals surface area (Å²) in [7, 11) is 1.64. The number of hydrogen-bond acceptors (Lipinski definition) is 8. The van der Waals surface area contributed by atoms with Crippen LogP contribution in [0.2, 0.25) is 25.7 Å². The van der Waals surface area contributed by atoms with Gasteiger partial charge in [0.15, 0.2) is 11.6 Å². The maximum atomic E-state index is 12.4. The van der Waals surface area contributed by atoms with Crippen LogP contribution in [0.15, 0.2) is 80.1 Å². The van der Waals surface area contributed by atoms with Crippen LogP contribution in [0.4, 0.5) is 0 Å². The van der Waals surface area contributed by atoms with Crippen molar-refractivity contribution in [3.63, 3.8) is 0 Å². The second-order valence-electron chi connectivity index (χ2n) is 21.1. The molecule has 2 aromatic carbocycles. The fraction of sp³-hybridized carbons (Fsp3) is 0.533. The van der Waals surface area contributed by atoms with Crippen LogP contribution in [-0.4, -0.2) is 110 Å². The lowest BCUT2D eigenvalue weighted by Gasteiger charge is -2.24. The van der Waals surface area contributed by atoms with Crippen LogP contribution in [0, 0.1) is 0 Å². The number of hydrogen-bond donors (Lipinski definition) is 0. The molecule has 0 amide bonds. The van der Waals surface area contributed by atoms with Crippen LogP contribution in [-0.2, 0) is 40.6 Å². The molecule has 2 aliphatic carbocycles.